The monoisotopic (exact) mass is 551 g/mol. The molecule has 0 heterocycles. The third kappa shape index (κ3) is 7.51. The normalized spacial score (nSPS) is 11.9. The molecule has 32 heavy (non-hydrogen) atoms. The molecule has 0 aliphatic heterocycles. The molecule has 8 heteroatoms. The highest BCUT2D eigenvalue weighted by atomic mass is 127. The average Bonchev–Trinajstić information content (AvgIpc) is 2.77. The molecular weight excluding hydrogens is 521 g/mol. The zero-order valence-electron chi connectivity index (χ0n) is 18.9. The molecule has 0 aliphatic carbocycles. The van der Waals surface area contributed by atoms with Crippen LogP contribution in [0.25, 0.3) is 0 Å². The Labute approximate surface area is 203 Å². The second kappa shape index (κ2) is 13.0. The summed E-state index contributed by atoms with van der Waals surface area (Å²) in [6.07, 6.45) is 2.44. The number of nitrogens with zero attached hydrogens (tertiary/aromatic N) is 1. The van der Waals surface area contributed by atoms with E-state index in [-0.39, 0.29) is 17.7 Å². The van der Waals surface area contributed by atoms with Crippen LogP contribution in [0.5, 0.6) is 11.5 Å². The number of hydrogen-bond acceptors (Lipinski definition) is 5. The van der Waals surface area contributed by atoms with Crippen LogP contribution in [0.3, 0.4) is 0 Å². The Hall–Kier alpha value is -2.62. The largest absolute Gasteiger partial charge is 0.490 e. The summed E-state index contributed by atoms with van der Waals surface area (Å²) >= 11 is 2.19. The van der Waals surface area contributed by atoms with Crippen LogP contribution in [0.2, 0.25) is 0 Å². The van der Waals surface area contributed by atoms with Crippen molar-refractivity contribution in [2.24, 2.45) is 11.0 Å². The van der Waals surface area contributed by atoms with Gasteiger partial charge in [-0.15, -0.1) is 0 Å². The molecule has 7 nitrogen and oxygen atoms in total. The Balaban J connectivity index is 2.09. The Bertz CT molecular complexity index is 932. The van der Waals surface area contributed by atoms with Gasteiger partial charge in [0.2, 0.25) is 0 Å². The van der Waals surface area contributed by atoms with E-state index in [1.807, 2.05) is 45.9 Å². The molecule has 0 radical (unpaired) electrons. The number of ether oxygens (including phenoxy) is 2. The number of amides is 2. The van der Waals surface area contributed by atoms with Crippen LogP contribution < -0.4 is 20.2 Å². The fraction of sp³-hybridized carbons (Fsp3) is 0.375. The molecule has 2 amide bonds. The van der Waals surface area contributed by atoms with Gasteiger partial charge >= 0.3 is 0 Å². The predicted molar refractivity (Wildman–Crippen MR) is 134 cm³/mol. The molecule has 172 valence electrons. The molecule has 1 atom stereocenters. The van der Waals surface area contributed by atoms with Crippen LogP contribution in [0, 0.1) is 9.49 Å². The summed E-state index contributed by atoms with van der Waals surface area (Å²) in [6, 6.07) is 11.8. The Morgan fingerprint density at radius 3 is 2.47 bits per heavy atom. The van der Waals surface area contributed by atoms with Crippen molar-refractivity contribution in [3.63, 3.8) is 0 Å². The van der Waals surface area contributed by atoms with Crippen molar-refractivity contribution in [1.29, 1.82) is 0 Å². The van der Waals surface area contributed by atoms with E-state index in [0.717, 1.165) is 15.6 Å². The van der Waals surface area contributed by atoms with Crippen LogP contribution in [-0.4, -0.2) is 37.3 Å². The lowest BCUT2D eigenvalue weighted by Gasteiger charge is -2.20. The van der Waals surface area contributed by atoms with E-state index in [1.54, 1.807) is 30.5 Å². The fourth-order valence-electron chi connectivity index (χ4n) is 2.86. The van der Waals surface area contributed by atoms with Crippen molar-refractivity contribution in [3.8, 4) is 11.5 Å². The van der Waals surface area contributed by atoms with Crippen molar-refractivity contribution in [3.05, 3.63) is 57.2 Å². The maximum absolute atomic E-state index is 12.7. The number of halogens is 1. The minimum absolute atomic E-state index is 0.113. The molecule has 2 aromatic carbocycles. The topological polar surface area (TPSA) is 89.0 Å². The maximum Gasteiger partial charge on any atom is 0.262 e. The van der Waals surface area contributed by atoms with E-state index < -0.39 is 6.04 Å². The number of hydrazone groups is 1. The lowest BCUT2D eigenvalue weighted by atomic mass is 10.0. The van der Waals surface area contributed by atoms with Crippen LogP contribution >= 0.6 is 22.6 Å². The van der Waals surface area contributed by atoms with E-state index >= 15 is 0 Å². The first kappa shape index (κ1) is 25.6. The Kier molecular flexibility index (Phi) is 10.5. The summed E-state index contributed by atoms with van der Waals surface area (Å²) in [5, 5.41) is 6.86. The third-order valence-corrected chi connectivity index (χ3v) is 5.24. The second-order valence-electron chi connectivity index (χ2n) is 7.41. The van der Waals surface area contributed by atoms with Gasteiger partial charge in [0.1, 0.15) is 6.04 Å². The van der Waals surface area contributed by atoms with Crippen molar-refractivity contribution < 1.29 is 19.1 Å². The average molecular weight is 551 g/mol. The summed E-state index contributed by atoms with van der Waals surface area (Å²) < 4.78 is 12.4. The quantitative estimate of drug-likeness (QED) is 0.247. The summed E-state index contributed by atoms with van der Waals surface area (Å²) in [4.78, 5) is 25.1. The van der Waals surface area contributed by atoms with Gasteiger partial charge in [-0.3, -0.25) is 9.59 Å². The van der Waals surface area contributed by atoms with Gasteiger partial charge in [0.15, 0.2) is 11.5 Å². The number of carbonyl (C=O) groups excluding carboxylic acids is 2. The Morgan fingerprint density at radius 1 is 1.12 bits per heavy atom. The second-order valence-corrected chi connectivity index (χ2v) is 8.57. The summed E-state index contributed by atoms with van der Waals surface area (Å²) in [7, 11) is 0. The molecule has 0 saturated carbocycles. The first-order valence-corrected chi connectivity index (χ1v) is 11.7. The number of nitrogens with one attached hydrogen (secondary N) is 2. The molecule has 0 spiro atoms. The van der Waals surface area contributed by atoms with Crippen LogP contribution in [-0.2, 0) is 4.79 Å². The Morgan fingerprint density at radius 2 is 1.84 bits per heavy atom. The van der Waals surface area contributed by atoms with Gasteiger partial charge in [0, 0.05) is 5.56 Å². The molecule has 2 rings (SSSR count). The predicted octanol–water partition coefficient (Wildman–Crippen LogP) is 4.38. The highest BCUT2D eigenvalue weighted by Crippen LogP contribution is 2.34. The lowest BCUT2D eigenvalue weighted by molar-refractivity contribution is -0.123. The maximum atomic E-state index is 12.7. The summed E-state index contributed by atoms with van der Waals surface area (Å²) in [6.45, 7) is 8.80. The first-order chi connectivity index (χ1) is 15.4. The molecule has 0 bridgehead atoms. The number of carbonyl (C=O) groups is 2. The van der Waals surface area contributed by atoms with E-state index in [2.05, 4.69) is 38.4 Å². The minimum atomic E-state index is -0.719. The number of benzene rings is 2. The van der Waals surface area contributed by atoms with Crippen molar-refractivity contribution in [2.75, 3.05) is 13.2 Å². The van der Waals surface area contributed by atoms with E-state index in [4.69, 9.17) is 9.47 Å². The van der Waals surface area contributed by atoms with Crippen molar-refractivity contribution in [2.45, 2.75) is 40.2 Å². The van der Waals surface area contributed by atoms with Crippen LogP contribution in [0.4, 0.5) is 0 Å². The molecule has 0 saturated heterocycles. The van der Waals surface area contributed by atoms with E-state index in [1.165, 1.54) is 0 Å². The zero-order chi connectivity index (χ0) is 23.5. The standard InChI is InChI=1S/C24H30IN3O4/c1-5-12-32-22-19(25)13-17(14-20(22)31-6-2)15-26-28-24(30)21(16(3)4)27-23(29)18-10-8-7-9-11-18/h7-11,13-16,21H,5-6,12H2,1-4H3,(H,27,29)(H,28,30). The van der Waals surface area contributed by atoms with Crippen molar-refractivity contribution in [1.82, 2.24) is 10.7 Å². The molecule has 2 aromatic rings. The molecule has 0 aromatic heterocycles. The van der Waals surface area contributed by atoms with Gasteiger partial charge in [-0.05, 0) is 71.7 Å². The highest BCUT2D eigenvalue weighted by molar-refractivity contribution is 14.1. The van der Waals surface area contributed by atoms with E-state index in [0.29, 0.717) is 30.3 Å². The number of hydrogen-bond donors (Lipinski definition) is 2. The minimum Gasteiger partial charge on any atom is -0.490 e. The van der Waals surface area contributed by atoms with Gasteiger partial charge in [0.25, 0.3) is 11.8 Å². The van der Waals surface area contributed by atoms with Crippen molar-refractivity contribution >= 4 is 40.6 Å². The van der Waals surface area contributed by atoms with Gasteiger partial charge in [-0.2, -0.15) is 5.10 Å². The third-order valence-electron chi connectivity index (χ3n) is 4.44. The van der Waals surface area contributed by atoms with Crippen LogP contribution in [0.15, 0.2) is 47.6 Å². The zero-order valence-corrected chi connectivity index (χ0v) is 21.0. The fourth-order valence-corrected chi connectivity index (χ4v) is 3.64. The first-order valence-electron chi connectivity index (χ1n) is 10.6. The van der Waals surface area contributed by atoms with Crippen LogP contribution in [0.1, 0.15) is 50.0 Å². The van der Waals surface area contributed by atoms with Gasteiger partial charge in [-0.25, -0.2) is 5.43 Å². The lowest BCUT2D eigenvalue weighted by Crippen LogP contribution is -2.48. The highest BCUT2D eigenvalue weighted by Gasteiger charge is 2.24. The smallest absolute Gasteiger partial charge is 0.262 e. The molecule has 2 N–H and O–H groups in total. The van der Waals surface area contributed by atoms with E-state index in [9.17, 15) is 9.59 Å². The van der Waals surface area contributed by atoms with Gasteiger partial charge < -0.3 is 14.8 Å². The summed E-state index contributed by atoms with van der Waals surface area (Å²) in [5.74, 6) is 0.540. The van der Waals surface area contributed by atoms with Gasteiger partial charge in [-0.1, -0.05) is 39.0 Å². The molecule has 1 unspecified atom stereocenters. The molecular formula is C24H30IN3O4. The summed E-state index contributed by atoms with van der Waals surface area (Å²) in [5.41, 5.74) is 3.79. The number of rotatable bonds is 11. The van der Waals surface area contributed by atoms with Gasteiger partial charge in [0.05, 0.1) is 23.0 Å². The SMILES string of the molecule is CCCOc1c(I)cc(C=NNC(=O)C(NC(=O)c2ccccc2)C(C)C)cc1OCC. The molecule has 0 fully saturated rings. The molecule has 0 aliphatic rings.